The molecule has 0 fully saturated rings. The molecule has 32 heavy (non-hydrogen) atoms. The van der Waals surface area contributed by atoms with Crippen LogP contribution < -0.4 is 9.47 Å². The third-order valence-electron chi connectivity index (χ3n) is 4.33. The van der Waals surface area contributed by atoms with Crippen LogP contribution in [0.15, 0.2) is 48.5 Å². The first-order chi connectivity index (χ1) is 15.4. The summed E-state index contributed by atoms with van der Waals surface area (Å²) in [6.07, 6.45) is -0.626. The number of aliphatic hydroxyl groups is 2. The largest absolute Gasteiger partial charge is 0.473 e. The predicted octanol–water partition coefficient (Wildman–Crippen LogP) is 0.943. The smallest absolute Gasteiger partial charge is 0.414 e. The normalized spacial score (nSPS) is 12.7. The van der Waals surface area contributed by atoms with Gasteiger partial charge in [0.2, 0.25) is 6.79 Å². The molecular formula is C22H27NO9. The highest BCUT2D eigenvalue weighted by atomic mass is 16.7. The standard InChI is InChI=1S/C20H25NO5.C2H2O4/c22-9-8-21(11-16-4-2-1-3-5-16)12-18(23)14-24-13-17-6-7-19-20(10-17)26-15-25-19;3-1(4)2(5)6/h1-7,10,18,22-23H,8-9,11-15H2;(H,3,4)(H,5,6). The lowest BCUT2D eigenvalue weighted by Gasteiger charge is -2.24. The fourth-order valence-corrected chi connectivity index (χ4v) is 2.91. The van der Waals surface area contributed by atoms with Crippen molar-refractivity contribution in [1.82, 2.24) is 4.90 Å². The summed E-state index contributed by atoms with van der Waals surface area (Å²) in [6, 6.07) is 15.7. The number of hydrogen-bond donors (Lipinski definition) is 4. The molecule has 0 bridgehead atoms. The van der Waals surface area contributed by atoms with Crippen LogP contribution >= 0.6 is 0 Å². The molecule has 2 aromatic carbocycles. The van der Waals surface area contributed by atoms with Crippen LogP contribution in [0.2, 0.25) is 0 Å². The van der Waals surface area contributed by atoms with Gasteiger partial charge in [0.05, 0.1) is 25.9 Å². The maximum atomic E-state index is 10.3. The highest BCUT2D eigenvalue weighted by Crippen LogP contribution is 2.32. The van der Waals surface area contributed by atoms with Gasteiger partial charge in [0.15, 0.2) is 11.5 Å². The van der Waals surface area contributed by atoms with E-state index >= 15 is 0 Å². The molecule has 1 aliphatic heterocycles. The second-order valence-electron chi connectivity index (χ2n) is 6.91. The Morgan fingerprint density at radius 1 is 1.00 bits per heavy atom. The molecule has 0 saturated carbocycles. The maximum absolute atomic E-state index is 10.3. The van der Waals surface area contributed by atoms with E-state index in [4.69, 9.17) is 34.0 Å². The number of ether oxygens (including phenoxy) is 3. The van der Waals surface area contributed by atoms with E-state index in [1.165, 1.54) is 0 Å². The van der Waals surface area contributed by atoms with Crippen molar-refractivity contribution in [3.8, 4) is 11.5 Å². The fraction of sp³-hybridized carbons (Fsp3) is 0.364. The zero-order valence-corrected chi connectivity index (χ0v) is 17.4. The SMILES string of the molecule is O=C(O)C(=O)O.OCCN(Cc1ccccc1)CC(O)COCc1ccc2c(c1)OCO2. The zero-order chi connectivity index (χ0) is 23.3. The van der Waals surface area contributed by atoms with Crippen LogP contribution in [0.3, 0.4) is 0 Å². The number of aliphatic carboxylic acids is 2. The summed E-state index contributed by atoms with van der Waals surface area (Å²) in [5.41, 5.74) is 2.12. The monoisotopic (exact) mass is 449 g/mol. The molecule has 10 heteroatoms. The lowest BCUT2D eigenvalue weighted by Crippen LogP contribution is -2.36. The Bertz CT molecular complexity index is 848. The van der Waals surface area contributed by atoms with Gasteiger partial charge in [-0.2, -0.15) is 0 Å². The quantitative estimate of drug-likeness (QED) is 0.387. The molecule has 3 rings (SSSR count). The van der Waals surface area contributed by atoms with Crippen LogP contribution in [0.1, 0.15) is 11.1 Å². The molecule has 1 heterocycles. The molecule has 1 aliphatic rings. The fourth-order valence-electron chi connectivity index (χ4n) is 2.91. The molecule has 0 spiro atoms. The molecule has 0 saturated heterocycles. The number of nitrogens with zero attached hydrogens (tertiary/aromatic N) is 1. The summed E-state index contributed by atoms with van der Waals surface area (Å²) in [7, 11) is 0. The molecule has 4 N–H and O–H groups in total. The summed E-state index contributed by atoms with van der Waals surface area (Å²) in [5.74, 6) is -2.18. The first-order valence-corrected chi connectivity index (χ1v) is 9.86. The summed E-state index contributed by atoms with van der Waals surface area (Å²) >= 11 is 0. The van der Waals surface area contributed by atoms with Gasteiger partial charge in [0, 0.05) is 19.6 Å². The van der Waals surface area contributed by atoms with E-state index in [0.29, 0.717) is 26.2 Å². The maximum Gasteiger partial charge on any atom is 0.414 e. The van der Waals surface area contributed by atoms with E-state index in [1.807, 2.05) is 53.4 Å². The topological polar surface area (TPSA) is 146 Å². The zero-order valence-electron chi connectivity index (χ0n) is 17.4. The van der Waals surface area contributed by atoms with Crippen LogP contribution in [-0.2, 0) is 27.5 Å². The molecule has 2 aromatic rings. The van der Waals surface area contributed by atoms with Gasteiger partial charge in [0.1, 0.15) is 0 Å². The Hall–Kier alpha value is -3.18. The molecule has 0 amide bonds. The van der Waals surface area contributed by atoms with E-state index in [9.17, 15) is 10.2 Å². The van der Waals surface area contributed by atoms with E-state index in [0.717, 1.165) is 22.6 Å². The summed E-state index contributed by atoms with van der Waals surface area (Å²) in [6.45, 7) is 2.56. The molecule has 10 nitrogen and oxygen atoms in total. The van der Waals surface area contributed by atoms with Gasteiger partial charge in [-0.25, -0.2) is 9.59 Å². The number of fused-ring (bicyclic) bond motifs is 1. The van der Waals surface area contributed by atoms with Crippen molar-refractivity contribution in [3.05, 3.63) is 59.7 Å². The van der Waals surface area contributed by atoms with Gasteiger partial charge in [-0.05, 0) is 23.3 Å². The van der Waals surface area contributed by atoms with Gasteiger partial charge in [-0.1, -0.05) is 36.4 Å². The van der Waals surface area contributed by atoms with Crippen molar-refractivity contribution in [2.45, 2.75) is 19.3 Å². The van der Waals surface area contributed by atoms with Crippen molar-refractivity contribution >= 4 is 11.9 Å². The number of aliphatic hydroxyl groups excluding tert-OH is 2. The molecule has 0 radical (unpaired) electrons. The van der Waals surface area contributed by atoms with Crippen molar-refractivity contribution in [2.24, 2.45) is 0 Å². The van der Waals surface area contributed by atoms with Crippen molar-refractivity contribution in [1.29, 1.82) is 0 Å². The average molecular weight is 449 g/mol. The second kappa shape index (κ2) is 13.3. The number of carbonyl (C=O) groups is 2. The Morgan fingerprint density at radius 3 is 2.34 bits per heavy atom. The summed E-state index contributed by atoms with van der Waals surface area (Å²) < 4.78 is 16.3. The van der Waals surface area contributed by atoms with Crippen molar-refractivity contribution in [3.63, 3.8) is 0 Å². The molecule has 0 aromatic heterocycles. The molecule has 1 unspecified atom stereocenters. The first-order valence-electron chi connectivity index (χ1n) is 9.86. The third-order valence-corrected chi connectivity index (χ3v) is 4.33. The average Bonchev–Trinajstić information content (AvgIpc) is 3.23. The van der Waals surface area contributed by atoms with Crippen molar-refractivity contribution < 1.29 is 44.2 Å². The van der Waals surface area contributed by atoms with Crippen LogP contribution in [0.5, 0.6) is 11.5 Å². The van der Waals surface area contributed by atoms with E-state index < -0.39 is 18.0 Å². The number of carboxylic acids is 2. The second-order valence-corrected chi connectivity index (χ2v) is 6.91. The van der Waals surface area contributed by atoms with Gasteiger partial charge >= 0.3 is 11.9 Å². The van der Waals surface area contributed by atoms with Crippen LogP contribution in [0.4, 0.5) is 0 Å². The minimum atomic E-state index is -1.82. The minimum Gasteiger partial charge on any atom is -0.473 e. The highest BCUT2D eigenvalue weighted by molar-refractivity contribution is 6.27. The van der Waals surface area contributed by atoms with Gasteiger partial charge in [-0.15, -0.1) is 0 Å². The van der Waals surface area contributed by atoms with Crippen LogP contribution in [-0.4, -0.2) is 76.5 Å². The summed E-state index contributed by atoms with van der Waals surface area (Å²) in [5, 5.41) is 34.3. The molecule has 0 aliphatic carbocycles. The Morgan fingerprint density at radius 2 is 1.69 bits per heavy atom. The number of benzene rings is 2. The van der Waals surface area contributed by atoms with E-state index in [2.05, 4.69) is 0 Å². The summed E-state index contributed by atoms with van der Waals surface area (Å²) in [4.78, 5) is 20.2. The lowest BCUT2D eigenvalue weighted by molar-refractivity contribution is -0.159. The number of carboxylic acid groups (broad SMARTS) is 2. The van der Waals surface area contributed by atoms with Gasteiger partial charge < -0.3 is 34.6 Å². The molecular weight excluding hydrogens is 422 g/mol. The van der Waals surface area contributed by atoms with E-state index in [1.54, 1.807) is 0 Å². The Balaban J connectivity index is 0.000000534. The first kappa shape index (κ1) is 25.1. The molecule has 1 atom stereocenters. The Labute approximate surface area is 185 Å². The third kappa shape index (κ3) is 8.90. The van der Waals surface area contributed by atoms with Crippen molar-refractivity contribution in [2.75, 3.05) is 33.1 Å². The predicted molar refractivity (Wildman–Crippen MR) is 112 cm³/mol. The highest BCUT2D eigenvalue weighted by Gasteiger charge is 2.15. The van der Waals surface area contributed by atoms with Crippen LogP contribution in [0.25, 0.3) is 0 Å². The lowest BCUT2D eigenvalue weighted by atomic mass is 10.2. The Kier molecular flexibility index (Phi) is 10.4. The van der Waals surface area contributed by atoms with Gasteiger partial charge in [0.25, 0.3) is 0 Å². The van der Waals surface area contributed by atoms with Crippen LogP contribution in [0, 0.1) is 0 Å². The van der Waals surface area contributed by atoms with Gasteiger partial charge in [-0.3, -0.25) is 4.90 Å². The number of hydrogen-bond acceptors (Lipinski definition) is 8. The minimum absolute atomic E-state index is 0.0532. The molecule has 174 valence electrons. The number of rotatable bonds is 10. The van der Waals surface area contributed by atoms with E-state index in [-0.39, 0.29) is 20.0 Å².